The molecule has 22 heavy (non-hydrogen) atoms. The smallest absolute Gasteiger partial charge is 0.302 e. The first-order chi connectivity index (χ1) is 10.4. The molecular weight excluding hydrogens is 284 g/mol. The van der Waals surface area contributed by atoms with Gasteiger partial charge in [0.2, 0.25) is 0 Å². The predicted octanol–water partition coefficient (Wildman–Crippen LogP) is 2.50. The Hall–Kier alpha value is -0.650. The van der Waals surface area contributed by atoms with Crippen LogP contribution in [0.4, 0.5) is 0 Å². The van der Waals surface area contributed by atoms with Gasteiger partial charge in [0.1, 0.15) is 0 Å². The number of esters is 1. The molecular formula is C17H30O5. The second-order valence-electron chi connectivity index (χ2n) is 7.14. The Morgan fingerprint density at radius 2 is 1.91 bits per heavy atom. The Balaban J connectivity index is 2.02. The topological polar surface area (TPSA) is 65.0 Å². The molecule has 2 aliphatic rings. The fraction of sp³-hybridized carbons (Fsp3) is 0.941. The fourth-order valence-corrected chi connectivity index (χ4v) is 3.63. The lowest BCUT2D eigenvalue weighted by molar-refractivity contribution is -0.340. The van der Waals surface area contributed by atoms with Gasteiger partial charge in [0, 0.05) is 25.7 Å². The number of aliphatic hydroxyl groups is 1. The molecule has 0 aromatic rings. The van der Waals surface area contributed by atoms with E-state index in [0.717, 1.165) is 25.7 Å². The normalized spacial score (nSPS) is 40.4. The maximum atomic E-state index is 11.0. The number of carbonyl (C=O) groups is 1. The Morgan fingerprint density at radius 1 is 1.27 bits per heavy atom. The van der Waals surface area contributed by atoms with Gasteiger partial charge in [0.05, 0.1) is 25.4 Å². The number of aliphatic hydroxyl groups excluding tert-OH is 1. The van der Waals surface area contributed by atoms with Gasteiger partial charge >= 0.3 is 5.97 Å². The van der Waals surface area contributed by atoms with E-state index in [9.17, 15) is 9.90 Å². The van der Waals surface area contributed by atoms with E-state index in [-0.39, 0.29) is 30.7 Å². The summed E-state index contributed by atoms with van der Waals surface area (Å²) in [4.78, 5) is 11.0. The molecule has 0 radical (unpaired) electrons. The van der Waals surface area contributed by atoms with Crippen LogP contribution in [-0.2, 0) is 19.0 Å². The van der Waals surface area contributed by atoms with E-state index in [1.54, 1.807) is 0 Å². The summed E-state index contributed by atoms with van der Waals surface area (Å²) in [6.45, 7) is 8.18. The number of hydrogen-bond acceptors (Lipinski definition) is 5. The van der Waals surface area contributed by atoms with Crippen molar-refractivity contribution in [1.29, 1.82) is 0 Å². The largest absolute Gasteiger partial charge is 0.465 e. The van der Waals surface area contributed by atoms with Crippen LogP contribution in [0.5, 0.6) is 0 Å². The van der Waals surface area contributed by atoms with E-state index in [0.29, 0.717) is 18.4 Å². The molecule has 0 aliphatic carbocycles. The molecule has 2 saturated heterocycles. The van der Waals surface area contributed by atoms with Crippen molar-refractivity contribution in [2.24, 2.45) is 17.8 Å². The van der Waals surface area contributed by atoms with E-state index >= 15 is 0 Å². The van der Waals surface area contributed by atoms with Crippen molar-refractivity contribution >= 4 is 5.97 Å². The van der Waals surface area contributed by atoms with Crippen LogP contribution >= 0.6 is 0 Å². The van der Waals surface area contributed by atoms with Crippen molar-refractivity contribution < 1.29 is 24.1 Å². The summed E-state index contributed by atoms with van der Waals surface area (Å²) >= 11 is 0. The van der Waals surface area contributed by atoms with Crippen LogP contribution in [0.3, 0.4) is 0 Å². The van der Waals surface area contributed by atoms with Gasteiger partial charge in [-0.1, -0.05) is 20.8 Å². The third-order valence-electron chi connectivity index (χ3n) is 5.16. The Kier molecular flexibility index (Phi) is 5.86. The minimum Gasteiger partial charge on any atom is -0.465 e. The molecule has 5 nitrogen and oxygen atoms in total. The Labute approximate surface area is 133 Å². The minimum atomic E-state index is -0.568. The van der Waals surface area contributed by atoms with E-state index in [1.165, 1.54) is 6.92 Å². The molecule has 6 atom stereocenters. The van der Waals surface area contributed by atoms with Crippen LogP contribution in [0, 0.1) is 17.8 Å². The molecule has 2 heterocycles. The highest BCUT2D eigenvalue weighted by atomic mass is 16.7. The third kappa shape index (κ3) is 4.00. The lowest BCUT2D eigenvalue weighted by atomic mass is 9.82. The van der Waals surface area contributed by atoms with Crippen LogP contribution in [0.1, 0.15) is 53.4 Å². The SMILES string of the molecule is CC(=O)OC[C@@H](C)[C@@H]1O[C@]2(CC[C@@H](C)[C@H](CO)O2)CC[C@@H]1C. The zero-order valence-electron chi connectivity index (χ0n) is 14.2. The van der Waals surface area contributed by atoms with Crippen molar-refractivity contribution in [1.82, 2.24) is 0 Å². The van der Waals surface area contributed by atoms with Crippen molar-refractivity contribution in [3.8, 4) is 0 Å². The van der Waals surface area contributed by atoms with E-state index in [1.807, 2.05) is 0 Å². The standard InChI is InChI=1S/C17H30O5/c1-11-5-7-17(21-15(11)9-18)8-6-12(2)16(22-17)13(3)10-20-14(4)19/h11-13,15-16,18H,5-10H2,1-4H3/t11-,12+,13-,15+,16-,17-/m1/s1. The first kappa shape index (κ1) is 17.7. The zero-order valence-corrected chi connectivity index (χ0v) is 14.2. The maximum Gasteiger partial charge on any atom is 0.302 e. The molecule has 0 saturated carbocycles. The lowest BCUT2D eigenvalue weighted by Crippen LogP contribution is -2.54. The summed E-state index contributed by atoms with van der Waals surface area (Å²) in [6, 6.07) is 0. The summed E-state index contributed by atoms with van der Waals surface area (Å²) in [5, 5.41) is 9.51. The summed E-state index contributed by atoms with van der Waals surface area (Å²) in [5.41, 5.74) is 0. The Bertz CT molecular complexity index is 381. The zero-order chi connectivity index (χ0) is 16.3. The van der Waals surface area contributed by atoms with Gasteiger partial charge in [-0.15, -0.1) is 0 Å². The first-order valence-corrected chi connectivity index (χ1v) is 8.46. The second kappa shape index (κ2) is 7.28. The minimum absolute atomic E-state index is 0.0147. The van der Waals surface area contributed by atoms with Gasteiger partial charge in [0.25, 0.3) is 0 Å². The quantitative estimate of drug-likeness (QED) is 0.808. The summed E-state index contributed by atoms with van der Waals surface area (Å²) < 4.78 is 17.7. The molecule has 0 unspecified atom stereocenters. The highest BCUT2D eigenvalue weighted by molar-refractivity contribution is 5.65. The van der Waals surface area contributed by atoms with Gasteiger partial charge in [-0.05, 0) is 24.7 Å². The average molecular weight is 314 g/mol. The summed E-state index contributed by atoms with van der Waals surface area (Å²) in [6.07, 6.45) is 3.64. The van der Waals surface area contributed by atoms with Gasteiger partial charge in [-0.2, -0.15) is 0 Å². The fourth-order valence-electron chi connectivity index (χ4n) is 3.63. The highest BCUT2D eigenvalue weighted by Crippen LogP contribution is 2.44. The van der Waals surface area contributed by atoms with Crippen LogP contribution in [0.2, 0.25) is 0 Å². The van der Waals surface area contributed by atoms with Gasteiger partial charge in [0.15, 0.2) is 5.79 Å². The van der Waals surface area contributed by atoms with Crippen LogP contribution in [0.15, 0.2) is 0 Å². The molecule has 1 N–H and O–H groups in total. The molecule has 2 rings (SSSR count). The highest BCUT2D eigenvalue weighted by Gasteiger charge is 2.47. The predicted molar refractivity (Wildman–Crippen MR) is 82.2 cm³/mol. The molecule has 0 aromatic heterocycles. The second-order valence-corrected chi connectivity index (χ2v) is 7.14. The number of rotatable bonds is 4. The van der Waals surface area contributed by atoms with E-state index < -0.39 is 5.79 Å². The van der Waals surface area contributed by atoms with Gasteiger partial charge in [-0.25, -0.2) is 0 Å². The summed E-state index contributed by atoms with van der Waals surface area (Å²) in [5.74, 6) is 0.0728. The summed E-state index contributed by atoms with van der Waals surface area (Å²) in [7, 11) is 0. The van der Waals surface area contributed by atoms with E-state index in [4.69, 9.17) is 14.2 Å². The molecule has 1 spiro atoms. The first-order valence-electron chi connectivity index (χ1n) is 8.46. The lowest BCUT2D eigenvalue weighted by Gasteiger charge is -2.50. The molecule has 2 aliphatic heterocycles. The third-order valence-corrected chi connectivity index (χ3v) is 5.16. The number of ether oxygens (including phenoxy) is 3. The van der Waals surface area contributed by atoms with Crippen LogP contribution in [-0.4, -0.2) is 42.3 Å². The van der Waals surface area contributed by atoms with Crippen molar-refractivity contribution in [2.75, 3.05) is 13.2 Å². The molecule has 0 aromatic carbocycles. The van der Waals surface area contributed by atoms with Crippen molar-refractivity contribution in [3.63, 3.8) is 0 Å². The van der Waals surface area contributed by atoms with E-state index in [2.05, 4.69) is 20.8 Å². The van der Waals surface area contributed by atoms with Crippen molar-refractivity contribution in [2.45, 2.75) is 71.4 Å². The van der Waals surface area contributed by atoms with Gasteiger partial charge in [-0.3, -0.25) is 4.79 Å². The monoisotopic (exact) mass is 314 g/mol. The molecule has 0 bridgehead atoms. The van der Waals surface area contributed by atoms with Crippen molar-refractivity contribution in [3.05, 3.63) is 0 Å². The number of hydrogen-bond donors (Lipinski definition) is 1. The van der Waals surface area contributed by atoms with Gasteiger partial charge < -0.3 is 19.3 Å². The van der Waals surface area contributed by atoms with Crippen LogP contribution < -0.4 is 0 Å². The Morgan fingerprint density at radius 3 is 2.50 bits per heavy atom. The maximum absolute atomic E-state index is 11.0. The average Bonchev–Trinajstić information content (AvgIpc) is 2.50. The number of carbonyl (C=O) groups excluding carboxylic acids is 1. The molecule has 5 heteroatoms. The van der Waals surface area contributed by atoms with Crippen LogP contribution in [0.25, 0.3) is 0 Å². The molecule has 0 amide bonds. The molecule has 2 fully saturated rings. The molecule has 128 valence electrons.